The van der Waals surface area contributed by atoms with E-state index in [9.17, 15) is 9.59 Å². The van der Waals surface area contributed by atoms with Crippen LogP contribution < -0.4 is 20.2 Å². The first-order chi connectivity index (χ1) is 16.0. The van der Waals surface area contributed by atoms with Crippen LogP contribution in [0.4, 0.5) is 5.69 Å². The lowest BCUT2D eigenvalue weighted by Gasteiger charge is -2.12. The zero-order valence-electron chi connectivity index (χ0n) is 18.9. The summed E-state index contributed by atoms with van der Waals surface area (Å²) in [6.45, 7) is 4.12. The standard InChI is InChI=1S/C26H27N3O4/c1-4-20-12-8-9-13-22(20)27-25(30)26(31)29-28-18(2)21-14-15-23(24(16-21)32-3)33-17-19-10-6-5-7-11-19/h5-16H,4,17H2,1-3H3,(H,27,30)(H,29,31). The Kier molecular flexibility index (Phi) is 8.18. The van der Waals surface area contributed by atoms with Gasteiger partial charge in [-0.15, -0.1) is 0 Å². The number of nitrogens with one attached hydrogen (secondary N) is 2. The number of para-hydroxylation sites is 1. The molecule has 0 bridgehead atoms. The van der Waals surface area contributed by atoms with E-state index in [1.54, 1.807) is 38.3 Å². The molecular weight excluding hydrogens is 418 g/mol. The zero-order valence-corrected chi connectivity index (χ0v) is 18.9. The van der Waals surface area contributed by atoms with Crippen molar-refractivity contribution in [2.24, 2.45) is 5.10 Å². The number of ether oxygens (including phenoxy) is 2. The molecule has 2 N–H and O–H groups in total. The molecule has 0 aromatic heterocycles. The molecule has 0 radical (unpaired) electrons. The van der Waals surface area contributed by atoms with Gasteiger partial charge >= 0.3 is 11.8 Å². The van der Waals surface area contributed by atoms with Crippen LogP contribution in [0.15, 0.2) is 77.9 Å². The number of hydrogen-bond donors (Lipinski definition) is 2. The number of hydrogen-bond acceptors (Lipinski definition) is 5. The minimum Gasteiger partial charge on any atom is -0.493 e. The summed E-state index contributed by atoms with van der Waals surface area (Å²) in [7, 11) is 1.56. The summed E-state index contributed by atoms with van der Waals surface area (Å²) >= 11 is 0. The predicted octanol–water partition coefficient (Wildman–Crippen LogP) is 4.32. The van der Waals surface area contributed by atoms with E-state index in [0.717, 1.165) is 23.1 Å². The first-order valence-electron chi connectivity index (χ1n) is 10.6. The number of methoxy groups -OCH3 is 1. The fourth-order valence-corrected chi connectivity index (χ4v) is 3.13. The second kappa shape index (κ2) is 11.5. The lowest BCUT2D eigenvalue weighted by molar-refractivity contribution is -0.136. The highest BCUT2D eigenvalue weighted by atomic mass is 16.5. The molecule has 0 spiro atoms. The number of benzene rings is 3. The number of carbonyl (C=O) groups excluding carboxylic acids is 2. The Labute approximate surface area is 193 Å². The Balaban J connectivity index is 1.63. The van der Waals surface area contributed by atoms with E-state index >= 15 is 0 Å². The summed E-state index contributed by atoms with van der Waals surface area (Å²) < 4.78 is 11.3. The average Bonchev–Trinajstić information content (AvgIpc) is 2.86. The van der Waals surface area contributed by atoms with Gasteiger partial charge in [0, 0.05) is 11.3 Å². The van der Waals surface area contributed by atoms with Gasteiger partial charge in [0.15, 0.2) is 11.5 Å². The van der Waals surface area contributed by atoms with Crippen molar-refractivity contribution in [2.75, 3.05) is 12.4 Å². The van der Waals surface area contributed by atoms with E-state index in [-0.39, 0.29) is 0 Å². The van der Waals surface area contributed by atoms with E-state index < -0.39 is 11.8 Å². The van der Waals surface area contributed by atoms with Crippen LogP contribution in [-0.2, 0) is 22.6 Å². The minimum atomic E-state index is -0.852. The second-order valence-corrected chi connectivity index (χ2v) is 7.24. The summed E-state index contributed by atoms with van der Waals surface area (Å²) in [5, 5.41) is 6.68. The van der Waals surface area contributed by atoms with Crippen LogP contribution in [0.3, 0.4) is 0 Å². The Morgan fingerprint density at radius 1 is 0.909 bits per heavy atom. The maximum atomic E-state index is 12.2. The Morgan fingerprint density at radius 2 is 1.64 bits per heavy atom. The molecule has 7 heteroatoms. The third-order valence-electron chi connectivity index (χ3n) is 5.00. The van der Waals surface area contributed by atoms with Gasteiger partial charge in [-0.1, -0.05) is 55.5 Å². The van der Waals surface area contributed by atoms with E-state index in [2.05, 4.69) is 15.8 Å². The number of aryl methyl sites for hydroxylation is 1. The van der Waals surface area contributed by atoms with Crippen LogP contribution in [-0.4, -0.2) is 24.6 Å². The maximum absolute atomic E-state index is 12.2. The van der Waals surface area contributed by atoms with Crippen molar-refractivity contribution in [3.8, 4) is 11.5 Å². The maximum Gasteiger partial charge on any atom is 0.329 e. The molecule has 0 atom stereocenters. The fourth-order valence-electron chi connectivity index (χ4n) is 3.13. The van der Waals surface area contributed by atoms with Gasteiger partial charge in [0.2, 0.25) is 0 Å². The summed E-state index contributed by atoms with van der Waals surface area (Å²) in [6.07, 6.45) is 0.738. The highest BCUT2D eigenvalue weighted by molar-refractivity contribution is 6.39. The Morgan fingerprint density at radius 3 is 2.36 bits per heavy atom. The molecular formula is C26H27N3O4. The molecule has 0 fully saturated rings. The number of rotatable bonds is 8. The summed E-state index contributed by atoms with van der Waals surface area (Å²) in [4.78, 5) is 24.4. The molecule has 33 heavy (non-hydrogen) atoms. The molecule has 2 amide bonds. The molecule has 0 aliphatic carbocycles. The first kappa shape index (κ1) is 23.5. The molecule has 7 nitrogen and oxygen atoms in total. The SMILES string of the molecule is CCc1ccccc1NC(=O)C(=O)NN=C(C)c1ccc(OCc2ccccc2)c(OC)c1. The zero-order chi connectivity index (χ0) is 23.6. The van der Waals surface area contributed by atoms with Crippen LogP contribution in [0.1, 0.15) is 30.5 Å². The normalized spacial score (nSPS) is 10.9. The summed E-state index contributed by atoms with van der Waals surface area (Å²) in [5.74, 6) is -0.501. The van der Waals surface area contributed by atoms with E-state index in [1.807, 2.05) is 55.5 Å². The highest BCUT2D eigenvalue weighted by Gasteiger charge is 2.15. The van der Waals surface area contributed by atoms with E-state index in [0.29, 0.717) is 29.5 Å². The number of amides is 2. The lowest BCUT2D eigenvalue weighted by atomic mass is 10.1. The van der Waals surface area contributed by atoms with Crippen molar-refractivity contribution >= 4 is 23.2 Å². The number of nitrogens with zero attached hydrogens (tertiary/aromatic N) is 1. The van der Waals surface area contributed by atoms with Gasteiger partial charge in [-0.2, -0.15) is 5.10 Å². The van der Waals surface area contributed by atoms with Gasteiger partial charge < -0.3 is 14.8 Å². The number of anilines is 1. The topological polar surface area (TPSA) is 89.0 Å². The van der Waals surface area contributed by atoms with Gasteiger partial charge in [-0.05, 0) is 48.7 Å². The molecule has 0 unspecified atom stereocenters. The van der Waals surface area contributed by atoms with Gasteiger partial charge in [0.25, 0.3) is 0 Å². The van der Waals surface area contributed by atoms with Gasteiger partial charge in [-0.3, -0.25) is 9.59 Å². The fraction of sp³-hybridized carbons (Fsp3) is 0.192. The van der Waals surface area contributed by atoms with Gasteiger partial charge in [0.05, 0.1) is 12.8 Å². The molecule has 3 aromatic carbocycles. The van der Waals surface area contributed by atoms with Crippen LogP contribution >= 0.6 is 0 Å². The average molecular weight is 446 g/mol. The molecule has 0 aliphatic heterocycles. The molecule has 0 saturated carbocycles. The van der Waals surface area contributed by atoms with Gasteiger partial charge in [0.1, 0.15) is 6.61 Å². The third-order valence-corrected chi connectivity index (χ3v) is 5.00. The Hall–Kier alpha value is -4.13. The van der Waals surface area contributed by atoms with Crippen molar-refractivity contribution in [3.63, 3.8) is 0 Å². The highest BCUT2D eigenvalue weighted by Crippen LogP contribution is 2.29. The number of carbonyl (C=O) groups is 2. The van der Waals surface area contributed by atoms with Crippen LogP contribution in [0.5, 0.6) is 11.5 Å². The molecule has 0 heterocycles. The van der Waals surface area contributed by atoms with Crippen molar-refractivity contribution in [1.29, 1.82) is 0 Å². The summed E-state index contributed by atoms with van der Waals surface area (Å²) in [5.41, 5.74) is 6.13. The monoisotopic (exact) mass is 445 g/mol. The molecule has 0 aliphatic rings. The molecule has 0 saturated heterocycles. The van der Waals surface area contributed by atoms with Crippen LogP contribution in [0, 0.1) is 0 Å². The van der Waals surface area contributed by atoms with E-state index in [4.69, 9.17) is 9.47 Å². The van der Waals surface area contributed by atoms with Crippen molar-refractivity contribution in [1.82, 2.24) is 5.43 Å². The third kappa shape index (κ3) is 6.43. The van der Waals surface area contributed by atoms with Crippen LogP contribution in [0.25, 0.3) is 0 Å². The second-order valence-electron chi connectivity index (χ2n) is 7.24. The van der Waals surface area contributed by atoms with Crippen molar-refractivity contribution in [3.05, 3.63) is 89.5 Å². The minimum absolute atomic E-state index is 0.413. The number of hydrazone groups is 1. The Bertz CT molecular complexity index is 1140. The first-order valence-corrected chi connectivity index (χ1v) is 10.6. The van der Waals surface area contributed by atoms with Gasteiger partial charge in [-0.25, -0.2) is 5.43 Å². The van der Waals surface area contributed by atoms with Crippen LogP contribution in [0.2, 0.25) is 0 Å². The lowest BCUT2D eigenvalue weighted by Crippen LogP contribution is -2.33. The largest absolute Gasteiger partial charge is 0.493 e. The molecule has 3 rings (SSSR count). The summed E-state index contributed by atoms with van der Waals surface area (Å²) in [6, 6.07) is 22.5. The van der Waals surface area contributed by atoms with E-state index in [1.165, 1.54) is 0 Å². The van der Waals surface area contributed by atoms with Crippen molar-refractivity contribution in [2.45, 2.75) is 26.9 Å². The quantitative estimate of drug-likeness (QED) is 0.307. The predicted molar refractivity (Wildman–Crippen MR) is 129 cm³/mol. The molecule has 170 valence electrons. The molecule has 3 aromatic rings. The smallest absolute Gasteiger partial charge is 0.329 e. The van der Waals surface area contributed by atoms with Crippen molar-refractivity contribution < 1.29 is 19.1 Å².